The number of para-hydroxylation sites is 1. The van der Waals surface area contributed by atoms with E-state index in [1.807, 2.05) is 31.2 Å². The van der Waals surface area contributed by atoms with E-state index in [-0.39, 0.29) is 24.6 Å². The van der Waals surface area contributed by atoms with Gasteiger partial charge in [-0.2, -0.15) is 0 Å². The van der Waals surface area contributed by atoms with Crippen molar-refractivity contribution >= 4 is 50.9 Å². The van der Waals surface area contributed by atoms with Gasteiger partial charge in [-0.3, -0.25) is 0 Å². The Morgan fingerprint density at radius 2 is 1.94 bits per heavy atom. The largest absolute Gasteiger partial charge is 0.466 e. The number of carbonyl (C=O) groups excluding carboxylic acids is 2. The van der Waals surface area contributed by atoms with Crippen molar-refractivity contribution in [3.63, 3.8) is 0 Å². The number of anilines is 1. The Balaban J connectivity index is 1.81. The maximum Gasteiger partial charge on any atom is 0.355 e. The van der Waals surface area contributed by atoms with Crippen molar-refractivity contribution < 1.29 is 23.8 Å². The number of nitrogens with zero attached hydrogens (tertiary/aromatic N) is 3. The zero-order chi connectivity index (χ0) is 22.0. The molecular weight excluding hydrogens is 438 g/mol. The lowest BCUT2D eigenvalue weighted by Gasteiger charge is -2.32. The summed E-state index contributed by atoms with van der Waals surface area (Å²) in [5, 5.41) is 3.86. The van der Waals surface area contributed by atoms with Gasteiger partial charge in [-0.05, 0) is 30.0 Å². The summed E-state index contributed by atoms with van der Waals surface area (Å²) in [6.07, 6.45) is 1.54. The average Bonchev–Trinajstić information content (AvgIpc) is 3.19. The molecule has 0 saturated carbocycles. The maximum atomic E-state index is 12.6. The second-order valence-corrected chi connectivity index (χ2v) is 8.45. The van der Waals surface area contributed by atoms with Crippen LogP contribution in [0.4, 0.5) is 5.69 Å². The van der Waals surface area contributed by atoms with Gasteiger partial charge in [0.15, 0.2) is 0 Å². The van der Waals surface area contributed by atoms with E-state index in [0.29, 0.717) is 5.69 Å². The summed E-state index contributed by atoms with van der Waals surface area (Å²) in [4.78, 5) is 37.1. The third-order valence-electron chi connectivity index (χ3n) is 4.72. The topological polar surface area (TPSA) is 90.9 Å². The summed E-state index contributed by atoms with van der Waals surface area (Å²) >= 11 is 3.03. The zero-order valence-corrected chi connectivity index (χ0v) is 18.7. The molecule has 0 radical (unpaired) electrons. The Morgan fingerprint density at radius 3 is 2.71 bits per heavy atom. The van der Waals surface area contributed by atoms with Crippen LogP contribution in [0, 0.1) is 6.92 Å². The van der Waals surface area contributed by atoms with Crippen LogP contribution in [0.5, 0.6) is 0 Å². The van der Waals surface area contributed by atoms with Crippen molar-refractivity contribution in [1.29, 1.82) is 0 Å². The highest BCUT2D eigenvalue weighted by Gasteiger charge is 2.33. The van der Waals surface area contributed by atoms with Crippen LogP contribution < -0.4 is 4.90 Å². The molecule has 0 bridgehead atoms. The molecule has 1 aliphatic rings. The number of methoxy groups -OCH3 is 2. The van der Waals surface area contributed by atoms with Gasteiger partial charge in [0.1, 0.15) is 28.6 Å². The second-order valence-electron chi connectivity index (χ2n) is 6.56. The first-order chi connectivity index (χ1) is 15.0. The van der Waals surface area contributed by atoms with E-state index in [1.165, 1.54) is 26.0 Å². The molecule has 3 aromatic rings. The minimum absolute atomic E-state index is 0.0381. The lowest BCUT2D eigenvalue weighted by Crippen LogP contribution is -2.39. The Morgan fingerprint density at radius 1 is 1.16 bits per heavy atom. The molecule has 8 nitrogen and oxygen atoms in total. The van der Waals surface area contributed by atoms with E-state index in [4.69, 9.17) is 14.2 Å². The van der Waals surface area contributed by atoms with Crippen LogP contribution in [0.25, 0.3) is 10.2 Å². The standard InChI is InChI=1S/C21H19N3O5S2/c1-12-9-30-18-16(12)19(23-10-22-18)31-15-7-5-4-6-14(15)24-11-29-8-13(20(25)27-2)17(24)21(26)28-3/h4-7,9-10H,8,11H2,1-3H3. The smallest absolute Gasteiger partial charge is 0.355 e. The molecule has 0 N–H and O–H groups in total. The average molecular weight is 458 g/mol. The molecule has 2 aromatic heterocycles. The predicted octanol–water partition coefficient (Wildman–Crippen LogP) is 3.55. The Hall–Kier alpha value is -2.95. The van der Waals surface area contributed by atoms with Gasteiger partial charge in [0.05, 0.1) is 32.1 Å². The molecule has 31 heavy (non-hydrogen) atoms. The first kappa shape index (κ1) is 21.3. The molecule has 0 saturated heterocycles. The van der Waals surface area contributed by atoms with Gasteiger partial charge < -0.3 is 19.1 Å². The summed E-state index contributed by atoms with van der Waals surface area (Å²) in [6, 6.07) is 7.54. The third kappa shape index (κ3) is 4.01. The number of esters is 2. The number of ether oxygens (including phenoxy) is 3. The van der Waals surface area contributed by atoms with Crippen molar-refractivity contribution in [1.82, 2.24) is 9.97 Å². The molecular formula is C21H19N3O5S2. The summed E-state index contributed by atoms with van der Waals surface area (Å²) in [5.74, 6) is -1.27. The van der Waals surface area contributed by atoms with E-state index in [1.54, 1.807) is 22.6 Å². The lowest BCUT2D eigenvalue weighted by molar-refractivity contribution is -0.140. The van der Waals surface area contributed by atoms with Gasteiger partial charge in [0.2, 0.25) is 0 Å². The second kappa shape index (κ2) is 9.04. The summed E-state index contributed by atoms with van der Waals surface area (Å²) in [5.41, 5.74) is 2.00. The van der Waals surface area contributed by atoms with Crippen molar-refractivity contribution in [2.45, 2.75) is 16.8 Å². The minimum Gasteiger partial charge on any atom is -0.466 e. The molecule has 0 fully saturated rings. The van der Waals surface area contributed by atoms with Crippen LogP contribution >= 0.6 is 23.1 Å². The number of aryl methyl sites for hydroxylation is 1. The number of fused-ring (bicyclic) bond motifs is 1. The molecule has 1 aliphatic heterocycles. The van der Waals surface area contributed by atoms with Gasteiger partial charge in [-0.25, -0.2) is 19.6 Å². The number of hydrogen-bond donors (Lipinski definition) is 0. The molecule has 3 heterocycles. The molecule has 10 heteroatoms. The molecule has 0 amide bonds. The first-order valence-electron chi connectivity index (χ1n) is 9.26. The Labute approximate surface area is 186 Å². The highest BCUT2D eigenvalue weighted by atomic mass is 32.2. The highest BCUT2D eigenvalue weighted by molar-refractivity contribution is 7.99. The summed E-state index contributed by atoms with van der Waals surface area (Å²) in [6.45, 7) is 2.07. The van der Waals surface area contributed by atoms with Crippen LogP contribution in [0.2, 0.25) is 0 Å². The number of benzene rings is 1. The quantitative estimate of drug-likeness (QED) is 0.421. The summed E-state index contributed by atoms with van der Waals surface area (Å²) in [7, 11) is 2.53. The normalized spacial score (nSPS) is 14.1. The predicted molar refractivity (Wildman–Crippen MR) is 117 cm³/mol. The van der Waals surface area contributed by atoms with E-state index >= 15 is 0 Å². The van der Waals surface area contributed by atoms with Gasteiger partial charge in [0, 0.05) is 10.3 Å². The number of aromatic nitrogens is 2. The van der Waals surface area contributed by atoms with Crippen LogP contribution in [-0.4, -0.2) is 49.5 Å². The van der Waals surface area contributed by atoms with E-state index in [2.05, 4.69) is 15.3 Å². The van der Waals surface area contributed by atoms with E-state index < -0.39 is 11.9 Å². The van der Waals surface area contributed by atoms with Crippen molar-refractivity contribution in [2.75, 3.05) is 32.5 Å². The van der Waals surface area contributed by atoms with Crippen LogP contribution in [0.3, 0.4) is 0 Å². The fraction of sp³-hybridized carbons (Fsp3) is 0.238. The first-order valence-corrected chi connectivity index (χ1v) is 11.0. The molecule has 4 rings (SSSR count). The number of carbonyl (C=O) groups is 2. The highest BCUT2D eigenvalue weighted by Crippen LogP contribution is 2.41. The molecule has 0 spiro atoms. The van der Waals surface area contributed by atoms with Crippen LogP contribution in [0.15, 0.2) is 57.2 Å². The Kier molecular flexibility index (Phi) is 6.21. The van der Waals surface area contributed by atoms with Crippen LogP contribution in [-0.2, 0) is 23.8 Å². The van der Waals surface area contributed by atoms with E-state index in [0.717, 1.165) is 25.7 Å². The fourth-order valence-corrected chi connectivity index (χ4v) is 5.32. The monoisotopic (exact) mass is 457 g/mol. The zero-order valence-electron chi connectivity index (χ0n) is 17.1. The molecule has 0 unspecified atom stereocenters. The van der Waals surface area contributed by atoms with E-state index in [9.17, 15) is 9.59 Å². The summed E-state index contributed by atoms with van der Waals surface area (Å²) < 4.78 is 15.4. The van der Waals surface area contributed by atoms with Crippen molar-refractivity contribution in [3.05, 3.63) is 52.8 Å². The fourth-order valence-electron chi connectivity index (χ4n) is 3.27. The van der Waals surface area contributed by atoms with Gasteiger partial charge >= 0.3 is 11.9 Å². The molecule has 0 aliphatic carbocycles. The van der Waals surface area contributed by atoms with Crippen molar-refractivity contribution in [2.24, 2.45) is 0 Å². The van der Waals surface area contributed by atoms with Gasteiger partial charge in [0.25, 0.3) is 0 Å². The maximum absolute atomic E-state index is 12.6. The minimum atomic E-state index is -0.637. The SMILES string of the molecule is COC(=O)C1=C(C(=O)OC)N(c2ccccc2Sc2ncnc3scc(C)c23)COC1. The number of thiophene rings is 1. The van der Waals surface area contributed by atoms with Crippen molar-refractivity contribution in [3.8, 4) is 0 Å². The Bertz CT molecular complexity index is 1190. The van der Waals surface area contributed by atoms with Gasteiger partial charge in [-0.1, -0.05) is 23.9 Å². The molecule has 0 atom stereocenters. The van der Waals surface area contributed by atoms with Crippen LogP contribution in [0.1, 0.15) is 5.56 Å². The number of rotatable bonds is 5. The molecule has 160 valence electrons. The lowest BCUT2D eigenvalue weighted by atomic mass is 10.1. The number of hydrogen-bond acceptors (Lipinski definition) is 10. The van der Waals surface area contributed by atoms with Gasteiger partial charge in [-0.15, -0.1) is 11.3 Å². The third-order valence-corrected chi connectivity index (χ3v) is 6.79. The molecule has 1 aromatic carbocycles.